The number of nitriles is 1. The monoisotopic (exact) mass is 305 g/mol. The summed E-state index contributed by atoms with van der Waals surface area (Å²) in [4.78, 5) is 18.7. The molecule has 0 bridgehead atoms. The van der Waals surface area contributed by atoms with Gasteiger partial charge in [-0.25, -0.2) is 4.98 Å². The first-order chi connectivity index (χ1) is 10.0. The van der Waals surface area contributed by atoms with Crippen LogP contribution in [0.1, 0.15) is 61.5 Å². The van der Waals surface area contributed by atoms with Crippen LogP contribution >= 0.6 is 11.6 Å². The highest BCUT2D eigenvalue weighted by molar-refractivity contribution is 6.29. The molecule has 1 aromatic heterocycles. The number of rotatable bonds is 4. The molecule has 1 heterocycles. The quantitative estimate of drug-likeness (QED) is 0.628. The molecular weight excluding hydrogens is 286 g/mol. The first-order valence-corrected chi connectivity index (χ1v) is 7.76. The van der Waals surface area contributed by atoms with Crippen molar-refractivity contribution in [2.75, 3.05) is 6.54 Å². The van der Waals surface area contributed by atoms with Crippen molar-refractivity contribution >= 4 is 17.5 Å². The summed E-state index contributed by atoms with van der Waals surface area (Å²) in [5.41, 5.74) is 1.33. The third-order valence-corrected chi connectivity index (χ3v) is 4.11. The second-order valence-electron chi connectivity index (χ2n) is 5.79. The number of carbonyl (C=O) groups excluding carboxylic acids is 1. The van der Waals surface area contributed by atoms with E-state index >= 15 is 0 Å². The third-order valence-electron chi connectivity index (χ3n) is 3.92. The highest BCUT2D eigenvalue weighted by atomic mass is 35.5. The number of aromatic nitrogens is 1. The van der Waals surface area contributed by atoms with Gasteiger partial charge in [-0.15, -0.1) is 0 Å². The number of hydrogen-bond donors (Lipinski definition) is 0. The lowest BCUT2D eigenvalue weighted by Crippen LogP contribution is -2.39. The number of halogens is 1. The minimum atomic E-state index is -0.116. The first kappa shape index (κ1) is 15.8. The number of amides is 1. The van der Waals surface area contributed by atoms with Gasteiger partial charge in [0.2, 0.25) is 0 Å². The van der Waals surface area contributed by atoms with Gasteiger partial charge in [-0.3, -0.25) is 4.79 Å². The van der Waals surface area contributed by atoms with E-state index in [-0.39, 0.29) is 24.4 Å². The molecule has 1 amide bonds. The highest BCUT2D eigenvalue weighted by Crippen LogP contribution is 2.26. The molecule has 2 rings (SSSR count). The Morgan fingerprint density at radius 1 is 1.48 bits per heavy atom. The van der Waals surface area contributed by atoms with Crippen LogP contribution in [0.4, 0.5) is 0 Å². The Hall–Kier alpha value is -1.60. The number of pyridine rings is 1. The summed E-state index contributed by atoms with van der Waals surface area (Å²) in [5.74, 6) is 0.0841. The van der Waals surface area contributed by atoms with Gasteiger partial charge in [0.1, 0.15) is 11.7 Å². The summed E-state index contributed by atoms with van der Waals surface area (Å²) in [6, 6.07) is 5.66. The van der Waals surface area contributed by atoms with E-state index in [0.717, 1.165) is 31.4 Å². The summed E-state index contributed by atoms with van der Waals surface area (Å²) in [5, 5.41) is 9.33. The molecule has 21 heavy (non-hydrogen) atoms. The van der Waals surface area contributed by atoms with Gasteiger partial charge < -0.3 is 4.90 Å². The Bertz CT molecular complexity index is 559. The van der Waals surface area contributed by atoms with E-state index in [1.54, 1.807) is 17.0 Å². The van der Waals surface area contributed by atoms with E-state index < -0.39 is 0 Å². The zero-order valence-electron chi connectivity index (χ0n) is 12.5. The van der Waals surface area contributed by atoms with Crippen molar-refractivity contribution < 1.29 is 4.79 Å². The average Bonchev–Trinajstić information content (AvgIpc) is 2.97. The third kappa shape index (κ3) is 3.74. The molecule has 1 aliphatic rings. The van der Waals surface area contributed by atoms with Gasteiger partial charge >= 0.3 is 0 Å². The molecule has 1 fully saturated rings. The molecular formula is C16H20ClN3O. The molecule has 1 aliphatic carbocycles. The molecule has 0 radical (unpaired) electrons. The average molecular weight is 306 g/mol. The zero-order valence-corrected chi connectivity index (χ0v) is 13.2. The topological polar surface area (TPSA) is 57.0 Å². The maximum atomic E-state index is 12.7. The van der Waals surface area contributed by atoms with Crippen LogP contribution in [0.2, 0.25) is 5.15 Å². The molecule has 0 unspecified atom stereocenters. The van der Waals surface area contributed by atoms with E-state index in [1.165, 1.54) is 0 Å². The fourth-order valence-corrected chi connectivity index (χ4v) is 2.98. The lowest BCUT2D eigenvalue weighted by atomic mass is 10.1. The minimum Gasteiger partial charge on any atom is -0.322 e. The summed E-state index contributed by atoms with van der Waals surface area (Å²) >= 11 is 6.03. The SMILES string of the molecule is CC(C)c1cc(C(=O)N(CC#N)C2CCCC2)cc(Cl)n1. The van der Waals surface area contributed by atoms with Crippen LogP contribution in [0.15, 0.2) is 12.1 Å². The molecule has 0 aromatic carbocycles. The molecule has 0 atom stereocenters. The number of hydrogen-bond acceptors (Lipinski definition) is 3. The number of carbonyl (C=O) groups is 1. The Labute approximate surface area is 130 Å². The lowest BCUT2D eigenvalue weighted by molar-refractivity contribution is 0.0709. The molecule has 0 N–H and O–H groups in total. The van der Waals surface area contributed by atoms with Crippen LogP contribution < -0.4 is 0 Å². The molecule has 1 aromatic rings. The van der Waals surface area contributed by atoms with Crippen molar-refractivity contribution in [1.29, 1.82) is 5.26 Å². The van der Waals surface area contributed by atoms with Crippen LogP contribution in [-0.2, 0) is 0 Å². The van der Waals surface area contributed by atoms with Crippen molar-refractivity contribution in [2.24, 2.45) is 0 Å². The van der Waals surface area contributed by atoms with Crippen LogP contribution in [0, 0.1) is 11.3 Å². The van der Waals surface area contributed by atoms with Gasteiger partial charge in [0.05, 0.1) is 6.07 Å². The first-order valence-electron chi connectivity index (χ1n) is 7.38. The molecule has 0 aliphatic heterocycles. The second-order valence-corrected chi connectivity index (χ2v) is 6.17. The molecule has 5 heteroatoms. The normalized spacial score (nSPS) is 15.2. The molecule has 1 saturated carbocycles. The van der Waals surface area contributed by atoms with Crippen LogP contribution in [-0.4, -0.2) is 28.4 Å². The van der Waals surface area contributed by atoms with E-state index in [9.17, 15) is 4.79 Å². The van der Waals surface area contributed by atoms with E-state index in [1.807, 2.05) is 13.8 Å². The van der Waals surface area contributed by atoms with Crippen molar-refractivity contribution in [1.82, 2.24) is 9.88 Å². The standard InChI is InChI=1S/C16H20ClN3O/c1-11(2)14-9-12(10-15(17)19-14)16(21)20(8-7-18)13-5-3-4-6-13/h9-11,13H,3-6,8H2,1-2H3. The van der Waals surface area contributed by atoms with Crippen LogP contribution in [0.25, 0.3) is 0 Å². The van der Waals surface area contributed by atoms with Gasteiger partial charge in [-0.2, -0.15) is 5.26 Å². The fraction of sp³-hybridized carbons (Fsp3) is 0.562. The summed E-state index contributed by atoms with van der Waals surface area (Å²) in [7, 11) is 0. The van der Waals surface area contributed by atoms with Crippen molar-refractivity contribution in [3.63, 3.8) is 0 Å². The Morgan fingerprint density at radius 3 is 2.71 bits per heavy atom. The van der Waals surface area contributed by atoms with E-state index in [4.69, 9.17) is 16.9 Å². The van der Waals surface area contributed by atoms with Crippen molar-refractivity contribution in [3.8, 4) is 6.07 Å². The lowest BCUT2D eigenvalue weighted by Gasteiger charge is -2.26. The van der Waals surface area contributed by atoms with Gasteiger partial charge in [0, 0.05) is 17.3 Å². The predicted octanol–water partition coefficient (Wildman–Crippen LogP) is 3.77. The van der Waals surface area contributed by atoms with Crippen LogP contribution in [0.3, 0.4) is 0 Å². The molecule has 0 saturated heterocycles. The Kier molecular flexibility index (Phi) is 5.19. The highest BCUT2D eigenvalue weighted by Gasteiger charge is 2.27. The smallest absolute Gasteiger partial charge is 0.255 e. The Morgan fingerprint density at radius 2 is 2.14 bits per heavy atom. The molecule has 4 nitrogen and oxygen atoms in total. The van der Waals surface area contributed by atoms with Gasteiger partial charge in [-0.05, 0) is 30.9 Å². The van der Waals surface area contributed by atoms with Gasteiger partial charge in [0.25, 0.3) is 5.91 Å². The van der Waals surface area contributed by atoms with E-state index in [0.29, 0.717) is 10.7 Å². The maximum Gasteiger partial charge on any atom is 0.255 e. The molecule has 0 spiro atoms. The second kappa shape index (κ2) is 6.91. The van der Waals surface area contributed by atoms with Gasteiger partial charge in [-0.1, -0.05) is 38.3 Å². The Balaban J connectivity index is 2.30. The van der Waals surface area contributed by atoms with Gasteiger partial charge in [0.15, 0.2) is 0 Å². The largest absolute Gasteiger partial charge is 0.322 e. The summed E-state index contributed by atoms with van der Waals surface area (Å²) < 4.78 is 0. The molecule has 112 valence electrons. The number of nitrogens with zero attached hydrogens (tertiary/aromatic N) is 3. The summed E-state index contributed by atoms with van der Waals surface area (Å²) in [6.07, 6.45) is 4.19. The van der Waals surface area contributed by atoms with Crippen LogP contribution in [0.5, 0.6) is 0 Å². The summed E-state index contributed by atoms with van der Waals surface area (Å²) in [6.45, 7) is 4.15. The fourth-order valence-electron chi connectivity index (χ4n) is 2.76. The maximum absolute atomic E-state index is 12.7. The predicted molar refractivity (Wildman–Crippen MR) is 82.2 cm³/mol. The van der Waals surface area contributed by atoms with Crippen molar-refractivity contribution in [2.45, 2.75) is 51.5 Å². The van der Waals surface area contributed by atoms with Crippen molar-refractivity contribution in [3.05, 3.63) is 28.5 Å². The minimum absolute atomic E-state index is 0.116. The zero-order chi connectivity index (χ0) is 15.4. The van der Waals surface area contributed by atoms with E-state index in [2.05, 4.69) is 11.1 Å².